The van der Waals surface area contributed by atoms with Gasteiger partial charge in [0.2, 0.25) is 5.91 Å². The molecule has 0 fully saturated rings. The molecule has 0 saturated heterocycles. The van der Waals surface area contributed by atoms with Crippen LogP contribution in [0.15, 0.2) is 59.1 Å². The molecule has 1 N–H and O–H groups in total. The molecular weight excluding hydrogens is 396 g/mol. The smallest absolute Gasteiger partial charge is 0.225 e. The van der Waals surface area contributed by atoms with Gasteiger partial charge in [0.15, 0.2) is 0 Å². The Balaban J connectivity index is 1.73. The first-order valence-corrected chi connectivity index (χ1v) is 10.1. The van der Waals surface area contributed by atoms with E-state index in [1.54, 1.807) is 19.2 Å². The van der Waals surface area contributed by atoms with Gasteiger partial charge in [-0.2, -0.15) is 5.26 Å². The minimum absolute atomic E-state index is 0.123. The van der Waals surface area contributed by atoms with Crippen LogP contribution in [0.1, 0.15) is 17.9 Å². The van der Waals surface area contributed by atoms with Gasteiger partial charge in [-0.3, -0.25) is 4.79 Å². The summed E-state index contributed by atoms with van der Waals surface area (Å²) in [6.07, 6.45) is 0.204. The molecule has 1 amide bonds. The zero-order valence-electron chi connectivity index (χ0n) is 15.3. The average Bonchev–Trinajstić information content (AvgIpc) is 2.71. The number of nitriles is 1. The van der Waals surface area contributed by atoms with Gasteiger partial charge in [-0.15, -0.1) is 11.8 Å². The van der Waals surface area contributed by atoms with Crippen molar-refractivity contribution in [3.05, 3.63) is 69.7 Å². The molecule has 1 atom stereocenters. The van der Waals surface area contributed by atoms with Gasteiger partial charge in [0, 0.05) is 18.1 Å². The van der Waals surface area contributed by atoms with Crippen LogP contribution in [0.3, 0.4) is 0 Å². The minimum Gasteiger partial charge on any atom is -0.495 e. The summed E-state index contributed by atoms with van der Waals surface area (Å²) in [5.41, 5.74) is 1.35. The molecule has 28 heavy (non-hydrogen) atoms. The zero-order chi connectivity index (χ0) is 19.9. The number of thioether (sulfide) groups is 1. The Morgan fingerprint density at radius 3 is 2.75 bits per heavy atom. The maximum absolute atomic E-state index is 12.2. The highest BCUT2D eigenvalue weighted by atomic mass is 35.5. The fraction of sp³-hybridized carbons (Fsp3) is 0.238. The molecule has 1 heterocycles. The highest BCUT2D eigenvalue weighted by Crippen LogP contribution is 2.38. The second-order valence-corrected chi connectivity index (χ2v) is 7.58. The molecule has 0 radical (unpaired) electrons. The number of methoxy groups -OCH3 is 1. The quantitative estimate of drug-likeness (QED) is 0.675. The maximum atomic E-state index is 12.2. The molecule has 2 aromatic rings. The fourth-order valence-electron chi connectivity index (χ4n) is 2.94. The van der Waals surface area contributed by atoms with Crippen molar-refractivity contribution in [1.82, 2.24) is 5.32 Å². The number of rotatable bonds is 7. The van der Waals surface area contributed by atoms with Gasteiger partial charge in [0.05, 0.1) is 35.4 Å². The molecule has 2 aromatic carbocycles. The Morgan fingerprint density at radius 2 is 2.07 bits per heavy atom. The number of ether oxygens (including phenoxy) is 2. The van der Waals surface area contributed by atoms with Crippen molar-refractivity contribution < 1.29 is 14.3 Å². The van der Waals surface area contributed by atoms with E-state index in [0.29, 0.717) is 33.7 Å². The van der Waals surface area contributed by atoms with Crippen molar-refractivity contribution in [3.63, 3.8) is 0 Å². The van der Waals surface area contributed by atoms with Gasteiger partial charge in [0.1, 0.15) is 11.5 Å². The van der Waals surface area contributed by atoms with Gasteiger partial charge in [-0.25, -0.2) is 0 Å². The lowest BCUT2D eigenvalue weighted by Crippen LogP contribution is -2.31. The molecule has 0 spiro atoms. The maximum Gasteiger partial charge on any atom is 0.225 e. The third-order valence-corrected chi connectivity index (χ3v) is 5.55. The Morgan fingerprint density at radius 1 is 1.29 bits per heavy atom. The highest BCUT2D eigenvalue weighted by molar-refractivity contribution is 8.03. The molecule has 7 heteroatoms. The third kappa shape index (κ3) is 4.80. The Kier molecular flexibility index (Phi) is 6.85. The van der Waals surface area contributed by atoms with E-state index in [1.807, 2.05) is 36.4 Å². The van der Waals surface area contributed by atoms with Crippen molar-refractivity contribution >= 4 is 29.3 Å². The Hall–Kier alpha value is -2.62. The van der Waals surface area contributed by atoms with Crippen LogP contribution in [0.2, 0.25) is 5.02 Å². The van der Waals surface area contributed by atoms with Crippen molar-refractivity contribution in [1.29, 1.82) is 5.26 Å². The zero-order valence-corrected chi connectivity index (χ0v) is 16.8. The molecule has 3 rings (SSSR count). The lowest BCUT2D eigenvalue weighted by atomic mass is 9.87. The number of carbonyl (C=O) groups is 1. The van der Waals surface area contributed by atoms with Crippen molar-refractivity contribution in [3.8, 4) is 17.6 Å². The van der Waals surface area contributed by atoms with Crippen molar-refractivity contribution in [2.45, 2.75) is 12.3 Å². The first-order valence-electron chi connectivity index (χ1n) is 8.70. The van der Waals surface area contributed by atoms with E-state index < -0.39 is 0 Å². The Bertz CT molecular complexity index is 925. The number of allylic oxidation sites excluding steroid dienone is 1. The van der Waals surface area contributed by atoms with E-state index >= 15 is 0 Å². The molecule has 5 nitrogen and oxygen atoms in total. The number of benzene rings is 2. The number of hydrogen-bond donors (Lipinski definition) is 1. The first-order chi connectivity index (χ1) is 13.6. The number of carbonyl (C=O) groups excluding carboxylic acids is 1. The second kappa shape index (κ2) is 9.54. The second-order valence-electron chi connectivity index (χ2n) is 6.06. The predicted molar refractivity (Wildman–Crippen MR) is 111 cm³/mol. The molecule has 1 aliphatic rings. The van der Waals surface area contributed by atoms with Crippen LogP contribution < -0.4 is 14.8 Å². The van der Waals surface area contributed by atoms with Crippen LogP contribution in [0.25, 0.3) is 0 Å². The number of halogens is 1. The molecule has 144 valence electrons. The van der Waals surface area contributed by atoms with Gasteiger partial charge in [0.25, 0.3) is 0 Å². The normalized spacial score (nSPS) is 16.3. The van der Waals surface area contributed by atoms with E-state index in [4.69, 9.17) is 21.1 Å². The van der Waals surface area contributed by atoms with Crippen molar-refractivity contribution in [2.24, 2.45) is 0 Å². The summed E-state index contributed by atoms with van der Waals surface area (Å²) in [7, 11) is 1.54. The molecule has 0 unspecified atom stereocenters. The molecule has 0 aliphatic carbocycles. The molecule has 0 aromatic heterocycles. The number of amides is 1. The summed E-state index contributed by atoms with van der Waals surface area (Å²) in [6.45, 7) is 0.464. The molecular formula is C21H19ClN2O3S. The monoisotopic (exact) mass is 414 g/mol. The third-order valence-electron chi connectivity index (χ3n) is 4.28. The van der Waals surface area contributed by atoms with Crippen LogP contribution in [0, 0.1) is 11.3 Å². The summed E-state index contributed by atoms with van der Waals surface area (Å²) < 4.78 is 10.9. The number of nitrogens with one attached hydrogen (secondary N) is 1. The first kappa shape index (κ1) is 20.1. The molecule has 0 bridgehead atoms. The van der Waals surface area contributed by atoms with Gasteiger partial charge in [-0.1, -0.05) is 35.9 Å². The fourth-order valence-corrected chi connectivity index (χ4v) is 4.10. The van der Waals surface area contributed by atoms with E-state index in [0.717, 1.165) is 11.3 Å². The highest BCUT2D eigenvalue weighted by Gasteiger charge is 2.30. The molecule has 1 aliphatic heterocycles. The minimum atomic E-state index is -0.334. The summed E-state index contributed by atoms with van der Waals surface area (Å²) in [5.74, 6) is 1.49. The van der Waals surface area contributed by atoms with E-state index in [2.05, 4.69) is 11.4 Å². The van der Waals surface area contributed by atoms with Crippen LogP contribution in [-0.2, 0) is 4.79 Å². The van der Waals surface area contributed by atoms with E-state index in [1.165, 1.54) is 11.8 Å². The topological polar surface area (TPSA) is 71.3 Å². The van der Waals surface area contributed by atoms with Gasteiger partial charge < -0.3 is 14.8 Å². The van der Waals surface area contributed by atoms with Gasteiger partial charge >= 0.3 is 0 Å². The average molecular weight is 415 g/mol. The largest absolute Gasteiger partial charge is 0.495 e. The van der Waals surface area contributed by atoms with Crippen LogP contribution in [-0.4, -0.2) is 25.4 Å². The SMILES string of the molecule is COc1ccc([C@@H]2CC(=O)NC(SCCOc3ccccc3)=C2C#N)cc1Cl. The van der Waals surface area contributed by atoms with Crippen LogP contribution >= 0.6 is 23.4 Å². The predicted octanol–water partition coefficient (Wildman–Crippen LogP) is 4.50. The lowest BCUT2D eigenvalue weighted by molar-refractivity contribution is -0.120. The van der Waals surface area contributed by atoms with Crippen molar-refractivity contribution in [2.75, 3.05) is 19.5 Å². The standard InChI is InChI=1S/C21H19ClN2O3S/c1-26-19-8-7-14(11-18(19)22)16-12-20(25)24-21(17(16)13-23)28-10-9-27-15-5-3-2-4-6-15/h2-8,11,16H,9-10,12H2,1H3,(H,24,25)/t16-/m0/s1. The van der Waals surface area contributed by atoms with Crippen LogP contribution in [0.5, 0.6) is 11.5 Å². The van der Waals surface area contributed by atoms with E-state index in [-0.39, 0.29) is 18.2 Å². The lowest BCUT2D eigenvalue weighted by Gasteiger charge is -2.25. The summed E-state index contributed by atoms with van der Waals surface area (Å²) in [5, 5.41) is 13.6. The molecule has 0 saturated carbocycles. The number of para-hydroxylation sites is 1. The number of nitrogens with zero attached hydrogens (tertiary/aromatic N) is 1. The Labute approximate surface area is 173 Å². The number of hydrogen-bond acceptors (Lipinski definition) is 5. The summed E-state index contributed by atoms with van der Waals surface area (Å²) >= 11 is 7.63. The van der Waals surface area contributed by atoms with Crippen LogP contribution in [0.4, 0.5) is 0 Å². The summed E-state index contributed by atoms with van der Waals surface area (Å²) in [4.78, 5) is 12.2. The van der Waals surface area contributed by atoms with E-state index in [9.17, 15) is 10.1 Å². The van der Waals surface area contributed by atoms with Gasteiger partial charge in [-0.05, 0) is 29.8 Å². The summed E-state index contributed by atoms with van der Waals surface area (Å²) in [6, 6.07) is 17.1.